The molecule has 0 aliphatic carbocycles. The lowest BCUT2D eigenvalue weighted by molar-refractivity contribution is -0.144. The van der Waals surface area contributed by atoms with E-state index in [1.807, 2.05) is 29.2 Å². The molecule has 0 saturated carbocycles. The molecule has 1 heterocycles. The smallest absolute Gasteiger partial charge is 0.226 e. The van der Waals surface area contributed by atoms with Crippen LogP contribution in [0.1, 0.15) is 44.7 Å². The van der Waals surface area contributed by atoms with Gasteiger partial charge in [-0.2, -0.15) is 0 Å². The Morgan fingerprint density at radius 3 is 2.50 bits per heavy atom. The summed E-state index contributed by atoms with van der Waals surface area (Å²) in [4.78, 5) is 25.8. The third-order valence-corrected chi connectivity index (χ3v) is 4.31. The summed E-state index contributed by atoms with van der Waals surface area (Å²) in [5.74, 6) is -0.280. The number of piperidine rings is 1. The van der Waals surface area contributed by atoms with E-state index in [-0.39, 0.29) is 24.3 Å². The minimum absolute atomic E-state index is 0.0405. The Morgan fingerprint density at radius 2 is 1.95 bits per heavy atom. The first-order valence-electron chi connectivity index (χ1n) is 7.72. The van der Waals surface area contributed by atoms with Crippen molar-refractivity contribution in [3.63, 3.8) is 0 Å². The van der Waals surface area contributed by atoms with E-state index in [0.29, 0.717) is 23.9 Å². The second-order valence-corrected chi connectivity index (χ2v) is 6.83. The molecule has 0 radical (unpaired) electrons. The summed E-state index contributed by atoms with van der Waals surface area (Å²) in [5, 5.41) is 0.688. The van der Waals surface area contributed by atoms with Crippen LogP contribution in [0.2, 0.25) is 5.02 Å². The third kappa shape index (κ3) is 4.01. The number of benzene rings is 1. The molecule has 0 bridgehead atoms. The van der Waals surface area contributed by atoms with Crippen LogP contribution >= 0.6 is 11.6 Å². The molecule has 1 fully saturated rings. The van der Waals surface area contributed by atoms with Crippen LogP contribution in [-0.4, -0.2) is 23.3 Å². The molecule has 1 aliphatic heterocycles. The molecule has 5 heteroatoms. The SMILES string of the molecule is CC(C)CN1C(=O)C(CC(N)=O)CCC1c1ccc(Cl)cc1. The van der Waals surface area contributed by atoms with Crippen molar-refractivity contribution >= 4 is 23.4 Å². The molecular formula is C17H23ClN2O2. The number of nitrogens with two attached hydrogens (primary N) is 1. The minimum Gasteiger partial charge on any atom is -0.370 e. The highest BCUT2D eigenvalue weighted by Gasteiger charge is 2.36. The average Bonchev–Trinajstić information content (AvgIpc) is 2.44. The maximum atomic E-state index is 12.7. The van der Waals surface area contributed by atoms with Crippen LogP contribution < -0.4 is 5.73 Å². The van der Waals surface area contributed by atoms with Crippen LogP contribution in [0.25, 0.3) is 0 Å². The van der Waals surface area contributed by atoms with Gasteiger partial charge in [-0.25, -0.2) is 0 Å². The molecule has 2 rings (SSSR count). The second kappa shape index (κ2) is 7.14. The summed E-state index contributed by atoms with van der Waals surface area (Å²) in [5.41, 5.74) is 6.36. The predicted octanol–water partition coefficient (Wildman–Crippen LogP) is 3.15. The highest BCUT2D eigenvalue weighted by atomic mass is 35.5. The summed E-state index contributed by atoms with van der Waals surface area (Å²) in [6.45, 7) is 4.86. The van der Waals surface area contributed by atoms with E-state index in [9.17, 15) is 9.59 Å². The summed E-state index contributed by atoms with van der Waals surface area (Å²) < 4.78 is 0. The van der Waals surface area contributed by atoms with Gasteiger partial charge in [0.2, 0.25) is 11.8 Å². The maximum absolute atomic E-state index is 12.7. The van der Waals surface area contributed by atoms with Gasteiger partial charge in [0.25, 0.3) is 0 Å². The summed E-state index contributed by atoms with van der Waals surface area (Å²) >= 11 is 5.95. The van der Waals surface area contributed by atoms with Crippen molar-refractivity contribution in [2.75, 3.05) is 6.54 Å². The number of rotatable bonds is 5. The molecule has 2 N–H and O–H groups in total. The number of nitrogens with zero attached hydrogens (tertiary/aromatic N) is 1. The number of carbonyl (C=O) groups is 2. The van der Waals surface area contributed by atoms with Gasteiger partial charge in [0.05, 0.1) is 6.04 Å². The molecule has 120 valence electrons. The number of hydrogen-bond acceptors (Lipinski definition) is 2. The van der Waals surface area contributed by atoms with Gasteiger partial charge in [-0.05, 0) is 36.5 Å². The summed E-state index contributed by atoms with van der Waals surface area (Å²) in [6.07, 6.45) is 1.68. The fraction of sp³-hybridized carbons (Fsp3) is 0.529. The first-order chi connectivity index (χ1) is 10.4. The molecular weight excluding hydrogens is 300 g/mol. The van der Waals surface area contributed by atoms with E-state index < -0.39 is 5.91 Å². The van der Waals surface area contributed by atoms with Crippen molar-refractivity contribution in [3.8, 4) is 0 Å². The van der Waals surface area contributed by atoms with Gasteiger partial charge >= 0.3 is 0 Å². The Bertz CT molecular complexity index is 542. The van der Waals surface area contributed by atoms with E-state index >= 15 is 0 Å². The molecule has 2 unspecified atom stereocenters. The van der Waals surface area contributed by atoms with Crippen LogP contribution in [-0.2, 0) is 9.59 Å². The number of amides is 2. The molecule has 2 amide bonds. The van der Waals surface area contributed by atoms with E-state index in [1.165, 1.54) is 0 Å². The standard InChI is InChI=1S/C17H23ClN2O2/c1-11(2)10-20-15(12-3-6-14(18)7-4-12)8-5-13(17(20)22)9-16(19)21/h3-4,6-7,11,13,15H,5,8-10H2,1-2H3,(H2,19,21). The Morgan fingerprint density at radius 1 is 1.32 bits per heavy atom. The zero-order chi connectivity index (χ0) is 16.3. The first kappa shape index (κ1) is 16.8. The van der Waals surface area contributed by atoms with Gasteiger partial charge in [-0.15, -0.1) is 0 Å². The molecule has 0 aromatic heterocycles. The van der Waals surface area contributed by atoms with E-state index in [4.69, 9.17) is 17.3 Å². The van der Waals surface area contributed by atoms with Crippen LogP contribution in [0.4, 0.5) is 0 Å². The Kier molecular flexibility index (Phi) is 5.46. The molecule has 1 saturated heterocycles. The molecule has 4 nitrogen and oxygen atoms in total. The van der Waals surface area contributed by atoms with Crippen molar-refractivity contribution in [2.45, 2.75) is 39.2 Å². The zero-order valence-electron chi connectivity index (χ0n) is 13.1. The molecule has 1 aromatic rings. The lowest BCUT2D eigenvalue weighted by Crippen LogP contribution is -2.46. The van der Waals surface area contributed by atoms with Crippen LogP contribution in [0.5, 0.6) is 0 Å². The van der Waals surface area contributed by atoms with Crippen LogP contribution in [0.15, 0.2) is 24.3 Å². The largest absolute Gasteiger partial charge is 0.370 e. The topological polar surface area (TPSA) is 63.4 Å². The van der Waals surface area contributed by atoms with Gasteiger partial charge in [-0.1, -0.05) is 37.6 Å². The number of halogens is 1. The van der Waals surface area contributed by atoms with Crippen molar-refractivity contribution < 1.29 is 9.59 Å². The minimum atomic E-state index is -0.409. The van der Waals surface area contributed by atoms with Crippen molar-refractivity contribution in [3.05, 3.63) is 34.9 Å². The summed E-state index contributed by atoms with van der Waals surface area (Å²) in [6, 6.07) is 7.70. The zero-order valence-corrected chi connectivity index (χ0v) is 13.8. The maximum Gasteiger partial charge on any atom is 0.226 e. The number of hydrogen-bond donors (Lipinski definition) is 1. The van der Waals surface area contributed by atoms with Gasteiger partial charge in [0, 0.05) is 23.9 Å². The normalized spacial score (nSPS) is 22.2. The number of carbonyl (C=O) groups excluding carboxylic acids is 2. The lowest BCUT2D eigenvalue weighted by atomic mass is 9.86. The molecule has 0 spiro atoms. The third-order valence-electron chi connectivity index (χ3n) is 4.06. The molecule has 22 heavy (non-hydrogen) atoms. The van der Waals surface area contributed by atoms with Gasteiger partial charge in [0.1, 0.15) is 0 Å². The number of likely N-dealkylation sites (tertiary alicyclic amines) is 1. The van der Waals surface area contributed by atoms with E-state index in [0.717, 1.165) is 12.0 Å². The number of primary amides is 1. The van der Waals surface area contributed by atoms with Gasteiger partial charge in [0.15, 0.2) is 0 Å². The average molecular weight is 323 g/mol. The highest BCUT2D eigenvalue weighted by Crippen LogP contribution is 2.36. The van der Waals surface area contributed by atoms with E-state index in [2.05, 4.69) is 13.8 Å². The second-order valence-electron chi connectivity index (χ2n) is 6.40. The Hall–Kier alpha value is -1.55. The highest BCUT2D eigenvalue weighted by molar-refractivity contribution is 6.30. The van der Waals surface area contributed by atoms with Crippen molar-refractivity contribution in [1.29, 1.82) is 0 Å². The molecule has 2 atom stereocenters. The Balaban J connectivity index is 2.24. The first-order valence-corrected chi connectivity index (χ1v) is 8.10. The fourth-order valence-corrected chi connectivity index (χ4v) is 3.23. The quantitative estimate of drug-likeness (QED) is 0.905. The van der Waals surface area contributed by atoms with Gasteiger partial charge < -0.3 is 10.6 Å². The molecule has 1 aliphatic rings. The summed E-state index contributed by atoms with van der Waals surface area (Å²) in [7, 11) is 0. The molecule has 1 aromatic carbocycles. The van der Waals surface area contributed by atoms with Gasteiger partial charge in [-0.3, -0.25) is 9.59 Å². The van der Waals surface area contributed by atoms with Crippen molar-refractivity contribution in [2.24, 2.45) is 17.6 Å². The van der Waals surface area contributed by atoms with Crippen LogP contribution in [0.3, 0.4) is 0 Å². The lowest BCUT2D eigenvalue weighted by Gasteiger charge is -2.40. The Labute approximate surface area is 136 Å². The predicted molar refractivity (Wildman–Crippen MR) is 87.3 cm³/mol. The van der Waals surface area contributed by atoms with Crippen molar-refractivity contribution in [1.82, 2.24) is 4.90 Å². The van der Waals surface area contributed by atoms with Crippen LogP contribution in [0, 0.1) is 11.8 Å². The fourth-order valence-electron chi connectivity index (χ4n) is 3.10. The van der Waals surface area contributed by atoms with E-state index in [1.54, 1.807) is 0 Å². The monoisotopic (exact) mass is 322 g/mol.